The molecule has 6 aromatic rings. The minimum Gasteiger partial charge on any atom is -0.305 e. The predicted molar refractivity (Wildman–Crippen MR) is 197 cm³/mol. The number of hydrogen-bond donors (Lipinski definition) is 0. The molecule has 0 atom stereocenters. The van der Waals surface area contributed by atoms with Crippen molar-refractivity contribution in [3.63, 3.8) is 0 Å². The normalized spacial score (nSPS) is 11.2. The van der Waals surface area contributed by atoms with Gasteiger partial charge in [0.1, 0.15) is 0 Å². The maximum Gasteiger partial charge on any atom is 0.0799 e. The molecule has 0 unspecified atom stereocenters. The summed E-state index contributed by atoms with van der Waals surface area (Å²) in [5.41, 5.74) is 10.9. The van der Waals surface area contributed by atoms with E-state index in [2.05, 4.69) is 161 Å². The smallest absolute Gasteiger partial charge is 0.0799 e. The fourth-order valence-corrected chi connectivity index (χ4v) is 7.05. The number of benzene rings is 4. The van der Waals surface area contributed by atoms with Crippen LogP contribution in [-0.4, -0.2) is 18.0 Å². The van der Waals surface area contributed by atoms with E-state index in [9.17, 15) is 0 Å². The van der Waals surface area contributed by atoms with Crippen molar-refractivity contribution in [1.82, 2.24) is 9.97 Å². The van der Waals surface area contributed by atoms with Crippen LogP contribution >= 0.6 is 0 Å². The summed E-state index contributed by atoms with van der Waals surface area (Å²) in [6.45, 7) is 13.8. The molecule has 1 radical (unpaired) electrons. The zero-order valence-electron chi connectivity index (χ0n) is 28.3. The Morgan fingerprint density at radius 3 is 1.83 bits per heavy atom. The Morgan fingerprint density at radius 1 is 0.596 bits per heavy atom. The quantitative estimate of drug-likeness (QED) is 0.119. The van der Waals surface area contributed by atoms with E-state index in [-0.39, 0.29) is 25.5 Å². The fourth-order valence-electron chi connectivity index (χ4n) is 5.48. The van der Waals surface area contributed by atoms with Crippen LogP contribution in [0.3, 0.4) is 0 Å². The van der Waals surface area contributed by atoms with E-state index in [4.69, 9.17) is 4.98 Å². The third-order valence-corrected chi connectivity index (χ3v) is 10.1. The Kier molecular flexibility index (Phi) is 12.4. The largest absolute Gasteiger partial charge is 0.305 e. The third-order valence-electron chi connectivity index (χ3n) is 8.04. The van der Waals surface area contributed by atoms with Gasteiger partial charge in [-0.2, -0.15) is 0 Å². The maximum absolute atomic E-state index is 4.72. The Balaban J connectivity index is 0.000000208. The molecule has 0 amide bonds. The van der Waals surface area contributed by atoms with Gasteiger partial charge in [0.15, 0.2) is 0 Å². The summed E-state index contributed by atoms with van der Waals surface area (Å²) in [7, 11) is -1.43. The van der Waals surface area contributed by atoms with Gasteiger partial charge in [0.2, 0.25) is 0 Å². The van der Waals surface area contributed by atoms with Gasteiger partial charge in [-0.15, -0.1) is 71.3 Å². The van der Waals surface area contributed by atoms with Gasteiger partial charge in [0, 0.05) is 32.5 Å². The average molecular weight is 809 g/mol. The molecule has 4 aromatic carbocycles. The summed E-state index contributed by atoms with van der Waals surface area (Å²) in [6, 6.07) is 48.7. The minimum absolute atomic E-state index is 0. The summed E-state index contributed by atoms with van der Waals surface area (Å²) in [5, 5.41) is 1.45. The summed E-state index contributed by atoms with van der Waals surface area (Å²) in [4.78, 5) is 9.26. The first-order valence-corrected chi connectivity index (χ1v) is 19.6. The zero-order chi connectivity index (χ0) is 32.6. The van der Waals surface area contributed by atoms with Crippen LogP contribution in [0.1, 0.15) is 48.6 Å². The van der Waals surface area contributed by atoms with Crippen LogP contribution in [0.2, 0.25) is 19.6 Å². The molecule has 0 spiro atoms. The van der Waals surface area contributed by atoms with Crippen molar-refractivity contribution >= 4 is 13.3 Å². The first-order valence-electron chi connectivity index (χ1n) is 16.1. The molecule has 2 aromatic heterocycles. The molecule has 2 heterocycles. The van der Waals surface area contributed by atoms with Crippen molar-refractivity contribution < 1.29 is 20.1 Å². The van der Waals surface area contributed by atoms with Gasteiger partial charge in [-0.1, -0.05) is 119 Å². The molecular weight excluding hydrogens is 765 g/mol. The average Bonchev–Trinajstić information content (AvgIpc) is 3.06. The van der Waals surface area contributed by atoms with Gasteiger partial charge in [-0.3, -0.25) is 0 Å². The second kappa shape index (κ2) is 16.2. The molecule has 0 saturated carbocycles. The van der Waals surface area contributed by atoms with Crippen molar-refractivity contribution in [3.05, 3.63) is 174 Å². The molecule has 47 heavy (non-hydrogen) atoms. The number of nitrogens with zero attached hydrogens (tertiary/aromatic N) is 2. The van der Waals surface area contributed by atoms with Crippen LogP contribution < -0.4 is 5.19 Å². The maximum atomic E-state index is 4.72. The summed E-state index contributed by atoms with van der Waals surface area (Å²) in [6.07, 6.45) is 5.88. The molecule has 0 N–H and O–H groups in total. The number of aromatic nitrogens is 2. The Hall–Kier alpha value is -3.95. The first kappa shape index (κ1) is 35.9. The Morgan fingerprint density at radius 2 is 1.21 bits per heavy atom. The second-order valence-electron chi connectivity index (χ2n) is 13.9. The number of pyridine rings is 2. The number of rotatable bonds is 7. The van der Waals surface area contributed by atoms with Crippen LogP contribution in [0, 0.1) is 12.1 Å². The fraction of sp³-hybridized carbons (Fsp3) is 0.209. The molecule has 0 fully saturated rings. The zero-order valence-corrected chi connectivity index (χ0v) is 31.7. The molecule has 6 rings (SSSR count). The van der Waals surface area contributed by atoms with Crippen molar-refractivity contribution in [2.24, 2.45) is 0 Å². The summed E-state index contributed by atoms with van der Waals surface area (Å²) < 4.78 is 0. The first-order chi connectivity index (χ1) is 22.1. The monoisotopic (exact) mass is 809 g/mol. The molecule has 4 heteroatoms. The van der Waals surface area contributed by atoms with Gasteiger partial charge < -0.3 is 9.97 Å². The van der Waals surface area contributed by atoms with Crippen molar-refractivity contribution in [3.8, 4) is 22.5 Å². The predicted octanol–water partition coefficient (Wildman–Crippen LogP) is 10.1. The topological polar surface area (TPSA) is 25.8 Å². The van der Waals surface area contributed by atoms with Crippen LogP contribution in [0.4, 0.5) is 0 Å². The SMILES string of the molecule is CC(C)(C)c1cc[c-]c(-c2cc(Cc3ccccc3)ccn2)c1.C[Si](C)(C)c1cnc(-c2[c-]cccc2)cc1Cc1ccccc1.[Ir]. The van der Waals surface area contributed by atoms with E-state index < -0.39 is 8.07 Å². The standard InChI is InChI=1S/C22H22N.C21H22NSi.Ir/c1-22(2,3)20-11-7-10-19(16-20)21-15-18(12-13-23-21)14-17-8-5-4-6-9-17;1-23(2,3)21-16-22-20(18-12-8-5-9-13-18)15-19(21)14-17-10-6-4-7-11-17;/h4-9,11-13,15-16H,14H2,1-3H3;4-12,15-16H,14H2,1-3H3;/q2*-1;. The minimum atomic E-state index is -1.43. The van der Waals surface area contributed by atoms with E-state index in [0.717, 1.165) is 35.4 Å². The molecule has 2 nitrogen and oxygen atoms in total. The van der Waals surface area contributed by atoms with E-state index in [0.29, 0.717) is 0 Å². The van der Waals surface area contributed by atoms with Crippen LogP contribution in [0.15, 0.2) is 134 Å². The summed E-state index contributed by atoms with van der Waals surface area (Å²) in [5.74, 6) is 0. The van der Waals surface area contributed by atoms with E-state index in [1.807, 2.05) is 30.5 Å². The van der Waals surface area contributed by atoms with Crippen molar-refractivity contribution in [2.45, 2.75) is 58.7 Å². The van der Waals surface area contributed by atoms with Crippen LogP contribution in [0.5, 0.6) is 0 Å². The summed E-state index contributed by atoms with van der Waals surface area (Å²) >= 11 is 0. The van der Waals surface area contributed by atoms with Gasteiger partial charge in [0.25, 0.3) is 0 Å². The van der Waals surface area contributed by atoms with Gasteiger partial charge in [0.05, 0.1) is 8.07 Å². The Bertz CT molecular complexity index is 1840. The van der Waals surface area contributed by atoms with Crippen LogP contribution in [0.25, 0.3) is 22.5 Å². The van der Waals surface area contributed by atoms with Gasteiger partial charge >= 0.3 is 0 Å². The van der Waals surface area contributed by atoms with E-state index in [1.165, 1.54) is 33.0 Å². The molecule has 0 bridgehead atoms. The second-order valence-corrected chi connectivity index (χ2v) is 18.9. The molecule has 0 aliphatic carbocycles. The Labute approximate surface area is 296 Å². The molecular formula is C43H44IrN2Si-2. The van der Waals surface area contributed by atoms with Crippen molar-refractivity contribution in [1.29, 1.82) is 0 Å². The van der Waals surface area contributed by atoms with E-state index in [1.54, 1.807) is 0 Å². The molecule has 0 saturated heterocycles. The molecule has 241 valence electrons. The van der Waals surface area contributed by atoms with E-state index >= 15 is 0 Å². The van der Waals surface area contributed by atoms with Crippen LogP contribution in [-0.2, 0) is 38.4 Å². The molecule has 0 aliphatic heterocycles. The van der Waals surface area contributed by atoms with Gasteiger partial charge in [-0.25, -0.2) is 0 Å². The third kappa shape index (κ3) is 10.3. The number of hydrogen-bond acceptors (Lipinski definition) is 2. The molecule has 0 aliphatic rings. The van der Waals surface area contributed by atoms with Gasteiger partial charge in [-0.05, 0) is 57.6 Å². The van der Waals surface area contributed by atoms with Crippen molar-refractivity contribution in [2.75, 3.05) is 0 Å².